The third-order valence-electron chi connectivity index (χ3n) is 1.72. The van der Waals surface area contributed by atoms with E-state index < -0.39 is 11.0 Å². The van der Waals surface area contributed by atoms with Crippen LogP contribution < -0.4 is 10.5 Å². The van der Waals surface area contributed by atoms with Crippen molar-refractivity contribution in [1.29, 1.82) is 5.26 Å². The topological polar surface area (TPSA) is 102 Å². The van der Waals surface area contributed by atoms with E-state index in [2.05, 4.69) is 15.9 Å². The zero-order valence-electron chi connectivity index (χ0n) is 8.09. The molecule has 0 bridgehead atoms. The minimum Gasteiger partial charge on any atom is -0.483 e. The zero-order chi connectivity index (χ0) is 12.1. The minimum atomic E-state index is -0.813. The summed E-state index contributed by atoms with van der Waals surface area (Å²) in [7, 11) is 0. The molecule has 0 amide bonds. The van der Waals surface area contributed by atoms with Gasteiger partial charge in [-0.25, -0.2) is 0 Å². The summed E-state index contributed by atoms with van der Waals surface area (Å²) >= 11 is 3.13. The van der Waals surface area contributed by atoms with Crippen LogP contribution in [0.4, 0.5) is 5.69 Å². The molecule has 1 rings (SSSR count). The van der Waals surface area contributed by atoms with Gasteiger partial charge in [-0.05, 0) is 22.0 Å². The molecular formula is C9H8BrN3O3. The molecule has 1 unspecified atom stereocenters. The third-order valence-corrected chi connectivity index (χ3v) is 2.34. The lowest BCUT2D eigenvalue weighted by molar-refractivity contribution is -0.386. The molecule has 0 aliphatic heterocycles. The summed E-state index contributed by atoms with van der Waals surface area (Å²) in [6, 6.07) is 5.41. The largest absolute Gasteiger partial charge is 0.483 e. The molecule has 1 atom stereocenters. The SMILES string of the molecule is N#CC(N)COc1c(Br)cccc1[N+](=O)[O-]. The molecular weight excluding hydrogens is 278 g/mol. The van der Waals surface area contributed by atoms with Gasteiger partial charge in [0.1, 0.15) is 12.6 Å². The fraction of sp³-hybridized carbons (Fsp3) is 0.222. The van der Waals surface area contributed by atoms with Gasteiger partial charge >= 0.3 is 5.69 Å². The Morgan fingerprint density at radius 1 is 1.69 bits per heavy atom. The van der Waals surface area contributed by atoms with Crippen molar-refractivity contribution >= 4 is 21.6 Å². The summed E-state index contributed by atoms with van der Waals surface area (Å²) in [5.41, 5.74) is 5.16. The van der Waals surface area contributed by atoms with Crippen LogP contribution in [0.25, 0.3) is 0 Å². The van der Waals surface area contributed by atoms with Crippen molar-refractivity contribution in [2.45, 2.75) is 6.04 Å². The lowest BCUT2D eigenvalue weighted by Gasteiger charge is -2.09. The van der Waals surface area contributed by atoms with Gasteiger partial charge in [-0.3, -0.25) is 10.1 Å². The summed E-state index contributed by atoms with van der Waals surface area (Å²) in [5, 5.41) is 19.2. The monoisotopic (exact) mass is 285 g/mol. The molecule has 0 heterocycles. The standard InChI is InChI=1S/C9H8BrN3O3/c10-7-2-1-3-8(13(14)15)9(7)16-5-6(12)4-11/h1-3,6H,5,12H2. The van der Waals surface area contributed by atoms with E-state index >= 15 is 0 Å². The smallest absolute Gasteiger partial charge is 0.312 e. The predicted molar refractivity (Wildman–Crippen MR) is 59.9 cm³/mol. The maximum absolute atomic E-state index is 10.7. The zero-order valence-corrected chi connectivity index (χ0v) is 9.68. The molecule has 0 fully saturated rings. The number of rotatable bonds is 4. The van der Waals surface area contributed by atoms with Gasteiger partial charge in [0.25, 0.3) is 0 Å². The predicted octanol–water partition coefficient (Wildman–Crippen LogP) is 1.59. The molecule has 0 saturated carbocycles. The molecule has 2 N–H and O–H groups in total. The van der Waals surface area contributed by atoms with Crippen LogP contribution in [0.2, 0.25) is 0 Å². The van der Waals surface area contributed by atoms with E-state index in [9.17, 15) is 10.1 Å². The van der Waals surface area contributed by atoms with Crippen LogP contribution in [-0.2, 0) is 0 Å². The number of benzene rings is 1. The highest BCUT2D eigenvalue weighted by atomic mass is 79.9. The number of nitro groups is 1. The van der Waals surface area contributed by atoms with Crippen molar-refractivity contribution in [2.75, 3.05) is 6.61 Å². The van der Waals surface area contributed by atoms with Gasteiger partial charge < -0.3 is 10.5 Å². The molecule has 0 radical (unpaired) electrons. The van der Waals surface area contributed by atoms with Gasteiger partial charge in [-0.2, -0.15) is 5.26 Å². The van der Waals surface area contributed by atoms with E-state index in [4.69, 9.17) is 15.7 Å². The molecule has 0 aliphatic rings. The molecule has 84 valence electrons. The molecule has 0 spiro atoms. The Morgan fingerprint density at radius 2 is 2.38 bits per heavy atom. The average Bonchev–Trinajstić information content (AvgIpc) is 2.26. The highest BCUT2D eigenvalue weighted by Gasteiger charge is 2.18. The molecule has 6 nitrogen and oxygen atoms in total. The molecule has 0 aromatic heterocycles. The average molecular weight is 286 g/mol. The first-order valence-corrected chi connectivity index (χ1v) is 5.06. The van der Waals surface area contributed by atoms with Crippen LogP contribution in [0.5, 0.6) is 5.75 Å². The summed E-state index contributed by atoms with van der Waals surface area (Å²) < 4.78 is 5.60. The van der Waals surface area contributed by atoms with Gasteiger partial charge in [0.15, 0.2) is 0 Å². The Kier molecular flexibility index (Phi) is 4.22. The lowest BCUT2D eigenvalue weighted by atomic mass is 10.3. The number of para-hydroxylation sites is 1. The van der Waals surface area contributed by atoms with Crippen molar-refractivity contribution in [3.8, 4) is 11.8 Å². The normalized spacial score (nSPS) is 11.6. The van der Waals surface area contributed by atoms with Crippen LogP contribution >= 0.6 is 15.9 Å². The summed E-state index contributed by atoms with van der Waals surface area (Å²) in [6.07, 6.45) is 0. The number of hydrogen-bond acceptors (Lipinski definition) is 5. The molecule has 7 heteroatoms. The Labute approximate surface area is 99.9 Å². The van der Waals surface area contributed by atoms with Crippen LogP contribution in [-0.4, -0.2) is 17.6 Å². The second-order valence-electron chi connectivity index (χ2n) is 2.89. The molecule has 0 saturated heterocycles. The van der Waals surface area contributed by atoms with E-state index in [0.717, 1.165) is 0 Å². The van der Waals surface area contributed by atoms with Crippen molar-refractivity contribution in [3.05, 3.63) is 32.8 Å². The van der Waals surface area contributed by atoms with Gasteiger partial charge in [0, 0.05) is 6.07 Å². The minimum absolute atomic E-state index is 0.0817. The van der Waals surface area contributed by atoms with Gasteiger partial charge in [0.2, 0.25) is 5.75 Å². The van der Waals surface area contributed by atoms with Crippen LogP contribution in [0, 0.1) is 21.4 Å². The fourth-order valence-electron chi connectivity index (χ4n) is 0.994. The quantitative estimate of drug-likeness (QED) is 0.668. The van der Waals surface area contributed by atoms with Gasteiger partial charge in [-0.15, -0.1) is 0 Å². The van der Waals surface area contributed by atoms with Crippen LogP contribution in [0.15, 0.2) is 22.7 Å². The fourth-order valence-corrected chi connectivity index (χ4v) is 1.46. The van der Waals surface area contributed by atoms with Crippen LogP contribution in [0.1, 0.15) is 0 Å². The molecule has 0 aliphatic carbocycles. The van der Waals surface area contributed by atoms with E-state index in [1.807, 2.05) is 0 Å². The van der Waals surface area contributed by atoms with E-state index in [-0.39, 0.29) is 18.0 Å². The first-order chi connectivity index (χ1) is 7.56. The first-order valence-electron chi connectivity index (χ1n) is 4.27. The number of nitriles is 1. The Balaban J connectivity index is 2.94. The van der Waals surface area contributed by atoms with Crippen molar-refractivity contribution in [1.82, 2.24) is 0 Å². The number of halogens is 1. The Hall–Kier alpha value is -1.65. The summed E-state index contributed by atoms with van der Waals surface area (Å²) in [5.74, 6) is 0.0817. The van der Waals surface area contributed by atoms with Crippen LogP contribution in [0.3, 0.4) is 0 Å². The van der Waals surface area contributed by atoms with Gasteiger partial charge in [-0.1, -0.05) is 6.07 Å². The maximum atomic E-state index is 10.7. The number of ether oxygens (including phenoxy) is 1. The molecule has 1 aromatic carbocycles. The van der Waals surface area contributed by atoms with E-state index in [1.54, 1.807) is 12.1 Å². The van der Waals surface area contributed by atoms with E-state index in [1.165, 1.54) is 12.1 Å². The van der Waals surface area contributed by atoms with E-state index in [0.29, 0.717) is 4.47 Å². The number of nitrogens with zero attached hydrogens (tertiary/aromatic N) is 2. The maximum Gasteiger partial charge on any atom is 0.312 e. The highest BCUT2D eigenvalue weighted by molar-refractivity contribution is 9.10. The summed E-state index contributed by atoms with van der Waals surface area (Å²) in [4.78, 5) is 10.1. The second kappa shape index (κ2) is 5.44. The lowest BCUT2D eigenvalue weighted by Crippen LogP contribution is -2.25. The van der Waals surface area contributed by atoms with Crippen molar-refractivity contribution < 1.29 is 9.66 Å². The number of hydrogen-bond donors (Lipinski definition) is 1. The number of nitrogens with two attached hydrogens (primary N) is 1. The van der Waals surface area contributed by atoms with Crippen molar-refractivity contribution in [3.63, 3.8) is 0 Å². The number of nitro benzene ring substituents is 1. The Morgan fingerprint density at radius 3 is 2.94 bits per heavy atom. The molecule has 1 aromatic rings. The molecule has 16 heavy (non-hydrogen) atoms. The Bertz CT molecular complexity index is 444. The third kappa shape index (κ3) is 2.92. The highest BCUT2D eigenvalue weighted by Crippen LogP contribution is 2.34. The van der Waals surface area contributed by atoms with Gasteiger partial charge in [0.05, 0.1) is 15.5 Å². The summed E-state index contributed by atoms with van der Waals surface area (Å²) in [6.45, 7) is -0.0973. The van der Waals surface area contributed by atoms with Crippen molar-refractivity contribution in [2.24, 2.45) is 5.73 Å². The first kappa shape index (κ1) is 12.4. The second-order valence-corrected chi connectivity index (χ2v) is 3.75.